The van der Waals surface area contributed by atoms with Gasteiger partial charge in [0.05, 0.1) is 6.54 Å². The molecule has 1 unspecified atom stereocenters. The van der Waals surface area contributed by atoms with E-state index in [4.69, 9.17) is 0 Å². The predicted octanol–water partition coefficient (Wildman–Crippen LogP) is 3.53. The summed E-state index contributed by atoms with van der Waals surface area (Å²) in [5, 5.41) is 5.39. The molecular formula is C13H26N2S. The van der Waals surface area contributed by atoms with Crippen LogP contribution in [0, 0.1) is 11.8 Å². The van der Waals surface area contributed by atoms with Gasteiger partial charge in [0, 0.05) is 11.8 Å². The molecule has 1 N–H and O–H groups in total. The van der Waals surface area contributed by atoms with Gasteiger partial charge in [-0.15, -0.1) is 0 Å². The highest BCUT2D eigenvalue weighted by Gasteiger charge is 2.20. The monoisotopic (exact) mass is 242 g/mol. The molecule has 1 aliphatic heterocycles. The third kappa shape index (κ3) is 4.77. The van der Waals surface area contributed by atoms with E-state index >= 15 is 0 Å². The molecule has 0 aromatic carbocycles. The molecule has 0 saturated heterocycles. The van der Waals surface area contributed by atoms with Crippen molar-refractivity contribution in [1.82, 2.24) is 5.32 Å². The van der Waals surface area contributed by atoms with E-state index in [1.807, 2.05) is 11.8 Å². The van der Waals surface area contributed by atoms with E-state index in [2.05, 4.69) is 38.0 Å². The van der Waals surface area contributed by atoms with Crippen LogP contribution in [0.1, 0.15) is 47.0 Å². The molecule has 0 radical (unpaired) electrons. The second-order valence-corrected chi connectivity index (χ2v) is 6.37. The van der Waals surface area contributed by atoms with E-state index in [1.165, 1.54) is 24.4 Å². The van der Waals surface area contributed by atoms with Crippen LogP contribution in [-0.4, -0.2) is 23.5 Å². The fraction of sp³-hybridized carbons (Fsp3) is 0.923. The lowest BCUT2D eigenvalue weighted by Gasteiger charge is -2.15. The van der Waals surface area contributed by atoms with Crippen LogP contribution in [0.4, 0.5) is 0 Å². The zero-order valence-electron chi connectivity index (χ0n) is 11.1. The molecule has 1 atom stereocenters. The Morgan fingerprint density at radius 3 is 2.62 bits per heavy atom. The van der Waals surface area contributed by atoms with Crippen LogP contribution in [0.3, 0.4) is 0 Å². The van der Waals surface area contributed by atoms with Crippen molar-refractivity contribution in [3.8, 4) is 0 Å². The van der Waals surface area contributed by atoms with Crippen LogP contribution in [0.25, 0.3) is 0 Å². The molecule has 0 fully saturated rings. The largest absolute Gasteiger partial charge is 0.365 e. The molecular weight excluding hydrogens is 216 g/mol. The minimum absolute atomic E-state index is 0.712. The van der Waals surface area contributed by atoms with Crippen molar-refractivity contribution in [1.29, 1.82) is 0 Å². The quantitative estimate of drug-likeness (QED) is 0.770. The number of amidine groups is 1. The summed E-state index contributed by atoms with van der Waals surface area (Å²) in [6.45, 7) is 11.2. The molecule has 0 aromatic rings. The van der Waals surface area contributed by atoms with E-state index in [0.717, 1.165) is 24.9 Å². The maximum Gasteiger partial charge on any atom is 0.156 e. The normalized spacial score (nSPS) is 20.6. The van der Waals surface area contributed by atoms with Crippen molar-refractivity contribution in [3.63, 3.8) is 0 Å². The minimum atomic E-state index is 0.712. The van der Waals surface area contributed by atoms with Crippen molar-refractivity contribution in [2.24, 2.45) is 16.8 Å². The number of hydrogen-bond donors (Lipinski definition) is 1. The number of rotatable bonds is 6. The topological polar surface area (TPSA) is 24.4 Å². The molecule has 16 heavy (non-hydrogen) atoms. The zero-order valence-corrected chi connectivity index (χ0v) is 11.9. The molecule has 2 nitrogen and oxygen atoms in total. The summed E-state index contributed by atoms with van der Waals surface area (Å²) in [6.07, 6.45) is 3.80. The van der Waals surface area contributed by atoms with Gasteiger partial charge in [0.1, 0.15) is 0 Å². The van der Waals surface area contributed by atoms with Crippen LogP contribution >= 0.6 is 11.8 Å². The van der Waals surface area contributed by atoms with Gasteiger partial charge in [-0.2, -0.15) is 0 Å². The number of aliphatic imine (C=N–C) groups is 1. The van der Waals surface area contributed by atoms with Gasteiger partial charge in [-0.25, -0.2) is 0 Å². The van der Waals surface area contributed by atoms with Crippen LogP contribution in [-0.2, 0) is 0 Å². The average Bonchev–Trinajstić information content (AvgIpc) is 2.66. The van der Waals surface area contributed by atoms with Crippen LogP contribution in [0.2, 0.25) is 0 Å². The molecule has 0 aromatic heterocycles. The van der Waals surface area contributed by atoms with E-state index in [9.17, 15) is 0 Å². The first-order chi connectivity index (χ1) is 7.65. The molecule has 94 valence electrons. The Balaban J connectivity index is 2.20. The summed E-state index contributed by atoms with van der Waals surface area (Å²) in [5.74, 6) is 1.58. The summed E-state index contributed by atoms with van der Waals surface area (Å²) in [5.41, 5.74) is 0. The van der Waals surface area contributed by atoms with Gasteiger partial charge in [-0.1, -0.05) is 52.3 Å². The maximum atomic E-state index is 4.58. The minimum Gasteiger partial charge on any atom is -0.365 e. The smallest absolute Gasteiger partial charge is 0.156 e. The van der Waals surface area contributed by atoms with Gasteiger partial charge in [-0.3, -0.25) is 4.99 Å². The van der Waals surface area contributed by atoms with Crippen LogP contribution in [0.5, 0.6) is 0 Å². The first-order valence-electron chi connectivity index (χ1n) is 6.60. The number of nitrogens with one attached hydrogen (secondary N) is 1. The Morgan fingerprint density at radius 2 is 2.06 bits per heavy atom. The summed E-state index contributed by atoms with van der Waals surface area (Å²) in [6, 6.07) is 0. The highest BCUT2D eigenvalue weighted by Crippen LogP contribution is 2.25. The second kappa shape index (κ2) is 7.21. The van der Waals surface area contributed by atoms with Crippen molar-refractivity contribution in [2.45, 2.75) is 52.2 Å². The Hall–Kier alpha value is -0.180. The first kappa shape index (κ1) is 13.9. The summed E-state index contributed by atoms with van der Waals surface area (Å²) >= 11 is 1.94. The summed E-state index contributed by atoms with van der Waals surface area (Å²) in [4.78, 5) is 4.58. The number of thioether (sulfide) groups is 1. The van der Waals surface area contributed by atoms with E-state index in [0.29, 0.717) is 5.25 Å². The molecule has 0 amide bonds. The Morgan fingerprint density at radius 1 is 1.38 bits per heavy atom. The standard InChI is InChI=1S/C13H26N2S/c1-5-11(6-2)8-14-13-15-9-12(16-13)7-10(3)4/h10-12H,5-9H2,1-4H3,(H,14,15). The highest BCUT2D eigenvalue weighted by molar-refractivity contribution is 8.14. The average molecular weight is 242 g/mol. The molecule has 0 aliphatic carbocycles. The van der Waals surface area contributed by atoms with Crippen LogP contribution in [0.15, 0.2) is 4.99 Å². The van der Waals surface area contributed by atoms with E-state index < -0.39 is 0 Å². The van der Waals surface area contributed by atoms with Crippen molar-refractivity contribution in [3.05, 3.63) is 0 Å². The molecule has 1 aliphatic rings. The summed E-state index contributed by atoms with van der Waals surface area (Å²) < 4.78 is 0. The zero-order chi connectivity index (χ0) is 12.0. The first-order valence-corrected chi connectivity index (χ1v) is 7.48. The van der Waals surface area contributed by atoms with Gasteiger partial charge in [-0.05, 0) is 18.3 Å². The van der Waals surface area contributed by atoms with Gasteiger partial charge in [0.15, 0.2) is 5.17 Å². The van der Waals surface area contributed by atoms with Crippen molar-refractivity contribution < 1.29 is 0 Å². The fourth-order valence-corrected chi connectivity index (χ4v) is 3.23. The summed E-state index contributed by atoms with van der Waals surface area (Å²) in [7, 11) is 0. The molecule has 1 rings (SSSR count). The van der Waals surface area contributed by atoms with Gasteiger partial charge >= 0.3 is 0 Å². The van der Waals surface area contributed by atoms with Gasteiger partial charge < -0.3 is 5.32 Å². The SMILES string of the molecule is CCC(CC)CNC1=NCC(CC(C)C)S1. The molecule has 0 spiro atoms. The Labute approximate surface area is 105 Å². The second-order valence-electron chi connectivity index (χ2n) is 5.08. The number of hydrogen-bond acceptors (Lipinski definition) is 3. The van der Waals surface area contributed by atoms with E-state index in [1.54, 1.807) is 0 Å². The lowest BCUT2D eigenvalue weighted by atomic mass is 10.0. The lowest BCUT2D eigenvalue weighted by Crippen LogP contribution is -2.26. The Bertz CT molecular complexity index is 222. The fourth-order valence-electron chi connectivity index (χ4n) is 1.97. The van der Waals surface area contributed by atoms with Crippen LogP contribution < -0.4 is 5.32 Å². The molecule has 1 heterocycles. The maximum absolute atomic E-state index is 4.58. The molecule has 3 heteroatoms. The lowest BCUT2D eigenvalue weighted by molar-refractivity contribution is 0.486. The van der Waals surface area contributed by atoms with Gasteiger partial charge in [0.2, 0.25) is 0 Å². The Kier molecular flexibility index (Phi) is 6.25. The van der Waals surface area contributed by atoms with Crippen molar-refractivity contribution in [2.75, 3.05) is 13.1 Å². The molecule has 0 saturated carbocycles. The van der Waals surface area contributed by atoms with Crippen molar-refractivity contribution >= 4 is 16.9 Å². The van der Waals surface area contributed by atoms with E-state index in [-0.39, 0.29) is 0 Å². The highest BCUT2D eigenvalue weighted by atomic mass is 32.2. The van der Waals surface area contributed by atoms with Gasteiger partial charge in [0.25, 0.3) is 0 Å². The third-order valence-corrected chi connectivity index (χ3v) is 4.32. The third-order valence-electron chi connectivity index (χ3n) is 3.15. The number of nitrogens with zero attached hydrogens (tertiary/aromatic N) is 1. The predicted molar refractivity (Wildman–Crippen MR) is 75.2 cm³/mol. The molecule has 0 bridgehead atoms.